The van der Waals surface area contributed by atoms with Gasteiger partial charge in [-0.15, -0.1) is 12.4 Å². The maximum Gasteiger partial charge on any atom is 0.251 e. The summed E-state index contributed by atoms with van der Waals surface area (Å²) >= 11 is 0. The minimum absolute atomic E-state index is 0. The Morgan fingerprint density at radius 3 is 2.96 bits per heavy atom. The highest BCUT2D eigenvalue weighted by atomic mass is 35.5. The molecule has 0 unspecified atom stereocenters. The van der Waals surface area contributed by atoms with Gasteiger partial charge in [-0.1, -0.05) is 5.16 Å². The summed E-state index contributed by atoms with van der Waals surface area (Å²) in [5.41, 5.74) is 2.06. The molecular formula is C17H23ClN6O3. The number of H-pyrrole nitrogens is 1. The fraction of sp³-hybridized carbons (Fsp3) is 0.529. The zero-order valence-electron chi connectivity index (χ0n) is 15.1. The number of ether oxygens (including phenoxy) is 1. The van der Waals surface area contributed by atoms with Crippen molar-refractivity contribution in [3.8, 4) is 11.4 Å². The maximum absolute atomic E-state index is 12.2. The van der Waals surface area contributed by atoms with Gasteiger partial charge in [-0.3, -0.25) is 4.79 Å². The van der Waals surface area contributed by atoms with Crippen molar-refractivity contribution in [3.63, 3.8) is 0 Å². The molecule has 10 heteroatoms. The lowest BCUT2D eigenvalue weighted by atomic mass is 9.94. The van der Waals surface area contributed by atoms with Crippen molar-refractivity contribution < 1.29 is 9.26 Å². The highest BCUT2D eigenvalue weighted by Crippen LogP contribution is 2.27. The molecule has 0 spiro atoms. The second-order valence-electron chi connectivity index (χ2n) is 6.51. The third-order valence-electron chi connectivity index (χ3n) is 4.74. The lowest BCUT2D eigenvalue weighted by Crippen LogP contribution is -2.28. The van der Waals surface area contributed by atoms with Crippen LogP contribution in [0.5, 0.6) is 0 Å². The number of hydrogen-bond donors (Lipinski definition) is 2. The zero-order valence-corrected chi connectivity index (χ0v) is 15.9. The number of aromatic amines is 1. The molecule has 146 valence electrons. The Labute approximate surface area is 161 Å². The van der Waals surface area contributed by atoms with Gasteiger partial charge in [0.05, 0.1) is 17.5 Å². The van der Waals surface area contributed by atoms with Crippen molar-refractivity contribution in [2.75, 3.05) is 26.8 Å². The Morgan fingerprint density at radius 2 is 2.19 bits per heavy atom. The van der Waals surface area contributed by atoms with Gasteiger partial charge in [-0.25, -0.2) is 4.52 Å². The van der Waals surface area contributed by atoms with E-state index in [1.54, 1.807) is 23.9 Å². The van der Waals surface area contributed by atoms with Gasteiger partial charge in [-0.05, 0) is 32.4 Å². The zero-order chi connectivity index (χ0) is 17.9. The minimum Gasteiger partial charge on any atom is -0.385 e. The van der Waals surface area contributed by atoms with Crippen LogP contribution in [0.3, 0.4) is 0 Å². The number of aryl methyl sites for hydroxylation is 1. The van der Waals surface area contributed by atoms with Gasteiger partial charge >= 0.3 is 0 Å². The summed E-state index contributed by atoms with van der Waals surface area (Å²) in [6.45, 7) is 2.53. The Balaban J connectivity index is 0.00000210. The molecule has 1 fully saturated rings. The van der Waals surface area contributed by atoms with Gasteiger partial charge in [-0.2, -0.15) is 10.1 Å². The molecule has 1 aliphatic heterocycles. The van der Waals surface area contributed by atoms with Gasteiger partial charge in [0.1, 0.15) is 5.65 Å². The van der Waals surface area contributed by atoms with Gasteiger partial charge in [0.25, 0.3) is 5.56 Å². The van der Waals surface area contributed by atoms with E-state index in [-0.39, 0.29) is 18.0 Å². The molecule has 27 heavy (non-hydrogen) atoms. The smallest absolute Gasteiger partial charge is 0.251 e. The monoisotopic (exact) mass is 394 g/mol. The summed E-state index contributed by atoms with van der Waals surface area (Å²) in [6.07, 6.45) is 5.11. The van der Waals surface area contributed by atoms with E-state index in [1.165, 1.54) is 0 Å². The van der Waals surface area contributed by atoms with Crippen molar-refractivity contribution >= 4 is 18.1 Å². The van der Waals surface area contributed by atoms with E-state index in [9.17, 15) is 4.79 Å². The van der Waals surface area contributed by atoms with E-state index in [0.717, 1.165) is 38.0 Å². The number of nitrogens with one attached hydrogen (secondary N) is 2. The molecule has 0 radical (unpaired) electrons. The van der Waals surface area contributed by atoms with Gasteiger partial charge in [0.2, 0.25) is 11.7 Å². The lowest BCUT2D eigenvalue weighted by molar-refractivity contribution is 0.192. The number of nitrogens with zero attached hydrogens (tertiary/aromatic N) is 4. The number of fused-ring (bicyclic) bond motifs is 1. The van der Waals surface area contributed by atoms with E-state index in [4.69, 9.17) is 9.26 Å². The standard InChI is InChI=1S/C17H22N6O3.ClH/c1-25-8-2-3-15-21-16(22-26-15)12-10-19-23-13(9-14(24)20-17(12)23)11-4-6-18-7-5-11;/h9-11,18H,2-8H2,1H3,(H,20,24);1H. The average molecular weight is 395 g/mol. The van der Waals surface area contributed by atoms with Crippen molar-refractivity contribution in [1.82, 2.24) is 30.1 Å². The number of hydrogen-bond acceptors (Lipinski definition) is 7. The van der Waals surface area contributed by atoms with E-state index < -0.39 is 0 Å². The Kier molecular flexibility index (Phi) is 6.25. The molecule has 0 atom stereocenters. The van der Waals surface area contributed by atoms with Crippen molar-refractivity contribution in [2.45, 2.75) is 31.6 Å². The van der Waals surface area contributed by atoms with Crippen LogP contribution in [0.2, 0.25) is 0 Å². The van der Waals surface area contributed by atoms with Crippen LogP contribution in [0.15, 0.2) is 21.6 Å². The minimum atomic E-state index is -0.142. The molecule has 2 N–H and O–H groups in total. The molecule has 1 saturated heterocycles. The molecule has 9 nitrogen and oxygen atoms in total. The number of halogens is 1. The van der Waals surface area contributed by atoms with Gasteiger partial charge < -0.3 is 19.6 Å². The molecule has 1 aliphatic rings. The van der Waals surface area contributed by atoms with Crippen molar-refractivity contribution in [2.24, 2.45) is 0 Å². The summed E-state index contributed by atoms with van der Waals surface area (Å²) in [4.78, 5) is 19.5. The van der Waals surface area contributed by atoms with Crippen LogP contribution in [-0.2, 0) is 11.2 Å². The van der Waals surface area contributed by atoms with Crippen LogP contribution in [0.1, 0.15) is 36.8 Å². The third kappa shape index (κ3) is 4.05. The predicted molar refractivity (Wildman–Crippen MR) is 101 cm³/mol. The van der Waals surface area contributed by atoms with E-state index in [0.29, 0.717) is 41.9 Å². The van der Waals surface area contributed by atoms with Crippen molar-refractivity contribution in [3.05, 3.63) is 34.2 Å². The molecule has 0 bridgehead atoms. The molecule has 4 rings (SSSR count). The van der Waals surface area contributed by atoms with Crippen LogP contribution in [0.4, 0.5) is 0 Å². The summed E-state index contributed by atoms with van der Waals surface area (Å²) in [5, 5.41) is 11.9. The van der Waals surface area contributed by atoms with Crippen LogP contribution in [-0.4, -0.2) is 51.5 Å². The highest BCUT2D eigenvalue weighted by Gasteiger charge is 2.22. The summed E-state index contributed by atoms with van der Waals surface area (Å²) in [5.74, 6) is 1.29. The Hall–Kier alpha value is -2.23. The molecule has 3 aromatic rings. The fourth-order valence-corrected chi connectivity index (χ4v) is 3.42. The summed E-state index contributed by atoms with van der Waals surface area (Å²) in [6, 6.07) is 1.65. The first-order chi connectivity index (χ1) is 12.8. The van der Waals surface area contributed by atoms with Crippen LogP contribution in [0.25, 0.3) is 17.0 Å². The first kappa shape index (κ1) is 19.5. The second kappa shape index (κ2) is 8.64. The van der Waals surface area contributed by atoms with Crippen LogP contribution >= 0.6 is 12.4 Å². The first-order valence-corrected chi connectivity index (χ1v) is 8.90. The number of rotatable bonds is 6. The molecule has 0 aliphatic carbocycles. The fourth-order valence-electron chi connectivity index (χ4n) is 3.42. The van der Waals surface area contributed by atoms with Crippen LogP contribution in [0, 0.1) is 0 Å². The molecule has 4 heterocycles. The maximum atomic E-state index is 12.2. The first-order valence-electron chi connectivity index (χ1n) is 8.90. The Morgan fingerprint density at radius 1 is 1.37 bits per heavy atom. The quantitative estimate of drug-likeness (QED) is 0.610. The average Bonchev–Trinajstić information content (AvgIpc) is 3.28. The van der Waals surface area contributed by atoms with Gasteiger partial charge in [0, 0.05) is 32.1 Å². The second-order valence-corrected chi connectivity index (χ2v) is 6.51. The largest absolute Gasteiger partial charge is 0.385 e. The predicted octanol–water partition coefficient (Wildman–Crippen LogP) is 1.54. The van der Waals surface area contributed by atoms with Crippen molar-refractivity contribution in [1.29, 1.82) is 0 Å². The third-order valence-corrected chi connectivity index (χ3v) is 4.74. The molecule has 0 aromatic carbocycles. The number of methoxy groups -OCH3 is 1. The van der Waals surface area contributed by atoms with E-state index in [2.05, 4.69) is 25.5 Å². The molecule has 3 aromatic heterocycles. The number of piperidine rings is 1. The van der Waals surface area contributed by atoms with Crippen LogP contribution < -0.4 is 10.9 Å². The number of aromatic nitrogens is 5. The summed E-state index contributed by atoms with van der Waals surface area (Å²) < 4.78 is 12.1. The molecule has 0 amide bonds. The Bertz CT molecular complexity index is 944. The normalized spacial score (nSPS) is 15.1. The van der Waals surface area contributed by atoms with Gasteiger partial charge in [0.15, 0.2) is 0 Å². The lowest BCUT2D eigenvalue weighted by Gasteiger charge is -2.23. The van der Waals surface area contributed by atoms with E-state index >= 15 is 0 Å². The topological polar surface area (TPSA) is 110 Å². The highest BCUT2D eigenvalue weighted by molar-refractivity contribution is 5.85. The SMILES string of the molecule is COCCCc1nc(-c2cnn3c(C4CCNCC4)cc(=O)[nH]c23)no1.Cl. The molecule has 0 saturated carbocycles. The molecular weight excluding hydrogens is 372 g/mol. The van der Waals surface area contributed by atoms with E-state index in [1.807, 2.05) is 0 Å². The summed E-state index contributed by atoms with van der Waals surface area (Å²) in [7, 11) is 1.66.